The lowest BCUT2D eigenvalue weighted by atomic mass is 9.86. The lowest BCUT2D eigenvalue weighted by molar-refractivity contribution is 0.306. The number of hydrogen-bond acceptors (Lipinski definition) is 2. The van der Waals surface area contributed by atoms with Crippen LogP contribution in [-0.2, 0) is 6.61 Å². The van der Waals surface area contributed by atoms with E-state index in [1.54, 1.807) is 0 Å². The summed E-state index contributed by atoms with van der Waals surface area (Å²) in [7, 11) is 0. The van der Waals surface area contributed by atoms with Gasteiger partial charge in [-0.05, 0) is 41.7 Å². The highest BCUT2D eigenvalue weighted by Crippen LogP contribution is 2.29. The van der Waals surface area contributed by atoms with Crippen molar-refractivity contribution in [2.24, 2.45) is 11.7 Å². The molecule has 0 bridgehead atoms. The van der Waals surface area contributed by atoms with E-state index in [1.165, 1.54) is 16.7 Å². The third-order valence-corrected chi connectivity index (χ3v) is 4.55. The first-order valence-corrected chi connectivity index (χ1v) is 7.96. The van der Waals surface area contributed by atoms with E-state index in [9.17, 15) is 0 Å². The van der Waals surface area contributed by atoms with E-state index in [0.717, 1.165) is 5.75 Å². The zero-order chi connectivity index (χ0) is 16.1. The maximum absolute atomic E-state index is 5.87. The fraction of sp³-hybridized carbons (Fsp3) is 0.316. The molecule has 2 unspecified atom stereocenters. The fourth-order valence-corrected chi connectivity index (χ4v) is 2.71. The van der Waals surface area contributed by atoms with E-state index in [1.807, 2.05) is 24.3 Å². The molecule has 0 aliphatic rings. The van der Waals surface area contributed by atoms with Gasteiger partial charge in [0.2, 0.25) is 0 Å². The summed E-state index contributed by atoms with van der Waals surface area (Å²) in [4.78, 5) is 0.566. The molecule has 0 aliphatic heterocycles. The Bertz CT molecular complexity index is 639. The van der Waals surface area contributed by atoms with Gasteiger partial charge in [-0.15, -0.1) is 0 Å². The summed E-state index contributed by atoms with van der Waals surface area (Å²) in [5, 5.41) is 0. The second-order valence-corrected chi connectivity index (χ2v) is 6.24. The SMILES string of the molecule is Cc1cc(OCc2ccccc2)ccc1C(C)C(C)C(N)=S. The Morgan fingerprint density at radius 1 is 1.14 bits per heavy atom. The Morgan fingerprint density at radius 3 is 2.41 bits per heavy atom. The third-order valence-electron chi connectivity index (χ3n) is 4.18. The Labute approximate surface area is 138 Å². The number of rotatable bonds is 6. The highest BCUT2D eigenvalue weighted by Gasteiger charge is 2.18. The zero-order valence-corrected chi connectivity index (χ0v) is 14.2. The lowest BCUT2D eigenvalue weighted by Gasteiger charge is -2.21. The van der Waals surface area contributed by atoms with Crippen LogP contribution in [-0.4, -0.2) is 4.99 Å². The van der Waals surface area contributed by atoms with Gasteiger partial charge in [0.05, 0.1) is 4.99 Å². The molecule has 3 heteroatoms. The first-order chi connectivity index (χ1) is 10.5. The Morgan fingerprint density at radius 2 is 1.82 bits per heavy atom. The van der Waals surface area contributed by atoms with Gasteiger partial charge in [0.25, 0.3) is 0 Å². The number of aryl methyl sites for hydroxylation is 1. The summed E-state index contributed by atoms with van der Waals surface area (Å²) in [6.07, 6.45) is 0. The van der Waals surface area contributed by atoms with Crippen molar-refractivity contribution in [3.8, 4) is 5.75 Å². The van der Waals surface area contributed by atoms with Gasteiger partial charge in [0.15, 0.2) is 0 Å². The minimum absolute atomic E-state index is 0.185. The summed E-state index contributed by atoms with van der Waals surface area (Å²) in [6.45, 7) is 6.93. The third kappa shape index (κ3) is 4.08. The number of hydrogen-bond donors (Lipinski definition) is 1. The van der Waals surface area contributed by atoms with E-state index < -0.39 is 0 Å². The number of ether oxygens (including phenoxy) is 1. The van der Waals surface area contributed by atoms with Gasteiger partial charge in [-0.1, -0.05) is 62.5 Å². The minimum Gasteiger partial charge on any atom is -0.489 e. The van der Waals surface area contributed by atoms with Gasteiger partial charge >= 0.3 is 0 Å². The first-order valence-electron chi connectivity index (χ1n) is 7.55. The van der Waals surface area contributed by atoms with Crippen LogP contribution in [0.5, 0.6) is 5.75 Å². The van der Waals surface area contributed by atoms with E-state index in [4.69, 9.17) is 22.7 Å². The molecule has 0 heterocycles. The first kappa shape index (κ1) is 16.5. The molecule has 2 rings (SSSR count). The molecule has 2 N–H and O–H groups in total. The highest BCUT2D eigenvalue weighted by atomic mass is 32.1. The van der Waals surface area contributed by atoms with Crippen molar-refractivity contribution in [1.29, 1.82) is 0 Å². The average Bonchev–Trinajstić information content (AvgIpc) is 2.52. The molecule has 2 nitrogen and oxygen atoms in total. The van der Waals surface area contributed by atoms with Crippen molar-refractivity contribution >= 4 is 17.2 Å². The van der Waals surface area contributed by atoms with Crippen LogP contribution in [0.25, 0.3) is 0 Å². The smallest absolute Gasteiger partial charge is 0.120 e. The van der Waals surface area contributed by atoms with Crippen molar-refractivity contribution in [3.05, 3.63) is 65.2 Å². The number of benzene rings is 2. The number of thiocarbonyl (C=S) groups is 1. The average molecular weight is 313 g/mol. The van der Waals surface area contributed by atoms with Crippen LogP contribution in [0.2, 0.25) is 0 Å². The van der Waals surface area contributed by atoms with Crippen LogP contribution in [0, 0.1) is 12.8 Å². The second kappa shape index (κ2) is 7.41. The minimum atomic E-state index is 0.185. The van der Waals surface area contributed by atoms with Gasteiger partial charge in [-0.2, -0.15) is 0 Å². The molecule has 116 valence electrons. The van der Waals surface area contributed by atoms with Gasteiger partial charge < -0.3 is 10.5 Å². The predicted octanol–water partition coefficient (Wildman–Crippen LogP) is 4.60. The fourth-order valence-electron chi connectivity index (χ4n) is 2.51. The van der Waals surface area contributed by atoms with E-state index in [-0.39, 0.29) is 5.92 Å². The second-order valence-electron chi connectivity index (χ2n) is 5.77. The van der Waals surface area contributed by atoms with Crippen LogP contribution in [0.4, 0.5) is 0 Å². The molecule has 22 heavy (non-hydrogen) atoms. The van der Waals surface area contributed by atoms with Crippen LogP contribution in [0.1, 0.15) is 36.5 Å². The van der Waals surface area contributed by atoms with Gasteiger partial charge in [-0.25, -0.2) is 0 Å². The van der Waals surface area contributed by atoms with Gasteiger partial charge in [0.1, 0.15) is 12.4 Å². The van der Waals surface area contributed by atoms with Crippen LogP contribution in [0.15, 0.2) is 48.5 Å². The molecular formula is C19H23NOS. The monoisotopic (exact) mass is 313 g/mol. The van der Waals surface area contributed by atoms with Crippen molar-refractivity contribution in [2.75, 3.05) is 0 Å². The molecule has 0 fully saturated rings. The summed E-state index contributed by atoms with van der Waals surface area (Å²) in [5.74, 6) is 1.38. The molecule has 0 saturated heterocycles. The summed E-state index contributed by atoms with van der Waals surface area (Å²) >= 11 is 5.11. The normalized spacial score (nSPS) is 13.4. The molecule has 0 amide bonds. The quantitative estimate of drug-likeness (QED) is 0.792. The van der Waals surface area contributed by atoms with Crippen molar-refractivity contribution in [3.63, 3.8) is 0 Å². The summed E-state index contributed by atoms with van der Waals surface area (Å²) in [5.41, 5.74) is 9.42. The van der Waals surface area contributed by atoms with Crippen LogP contribution in [0.3, 0.4) is 0 Å². The maximum atomic E-state index is 5.87. The van der Waals surface area contributed by atoms with E-state index in [2.05, 4.69) is 45.0 Å². The Kier molecular flexibility index (Phi) is 5.56. The molecule has 2 aromatic rings. The van der Waals surface area contributed by atoms with Crippen LogP contribution < -0.4 is 10.5 Å². The van der Waals surface area contributed by atoms with Gasteiger partial charge in [-0.3, -0.25) is 0 Å². The molecular weight excluding hydrogens is 290 g/mol. The topological polar surface area (TPSA) is 35.2 Å². The Balaban J connectivity index is 2.08. The van der Waals surface area contributed by atoms with E-state index >= 15 is 0 Å². The maximum Gasteiger partial charge on any atom is 0.120 e. The molecule has 0 spiro atoms. The molecule has 0 radical (unpaired) electrons. The lowest BCUT2D eigenvalue weighted by Crippen LogP contribution is -2.23. The van der Waals surface area contributed by atoms with Crippen LogP contribution >= 0.6 is 12.2 Å². The molecule has 2 aromatic carbocycles. The molecule has 0 aliphatic carbocycles. The predicted molar refractivity (Wildman–Crippen MR) is 96.3 cm³/mol. The standard InChI is InChI=1S/C19H23NOS/c1-13-11-17(21-12-16-7-5-4-6-8-16)9-10-18(13)14(2)15(3)19(20)22/h4-11,14-15H,12H2,1-3H3,(H2,20,22). The van der Waals surface area contributed by atoms with Crippen molar-refractivity contribution in [1.82, 2.24) is 0 Å². The molecule has 0 saturated carbocycles. The van der Waals surface area contributed by atoms with Crippen molar-refractivity contribution in [2.45, 2.75) is 33.3 Å². The largest absolute Gasteiger partial charge is 0.489 e. The molecule has 0 aromatic heterocycles. The zero-order valence-electron chi connectivity index (χ0n) is 13.4. The Hall–Kier alpha value is -1.87. The summed E-state index contributed by atoms with van der Waals surface area (Å²) in [6, 6.07) is 16.4. The molecule has 2 atom stereocenters. The van der Waals surface area contributed by atoms with E-state index in [0.29, 0.717) is 17.5 Å². The van der Waals surface area contributed by atoms with Crippen molar-refractivity contribution < 1.29 is 4.74 Å². The summed E-state index contributed by atoms with van der Waals surface area (Å²) < 4.78 is 5.87. The van der Waals surface area contributed by atoms with Gasteiger partial charge in [0, 0.05) is 5.92 Å². The highest BCUT2D eigenvalue weighted by molar-refractivity contribution is 7.80. The number of nitrogens with two attached hydrogens (primary N) is 1.